The third kappa shape index (κ3) is 4.37. The van der Waals surface area contributed by atoms with E-state index >= 15 is 0 Å². The van der Waals surface area contributed by atoms with Gasteiger partial charge in [0, 0.05) is 24.2 Å². The zero-order valence-electron chi connectivity index (χ0n) is 17.4. The highest BCUT2D eigenvalue weighted by atomic mass is 16.2. The fourth-order valence-electron chi connectivity index (χ4n) is 4.05. The number of anilines is 2. The molecule has 0 atom stereocenters. The van der Waals surface area contributed by atoms with Crippen LogP contribution in [0, 0.1) is 0 Å². The van der Waals surface area contributed by atoms with Crippen molar-refractivity contribution in [3.8, 4) is 0 Å². The number of fused-ring (bicyclic) bond motifs is 1. The lowest BCUT2D eigenvalue weighted by atomic mass is 10.1. The van der Waals surface area contributed by atoms with Gasteiger partial charge in [0.05, 0.1) is 5.39 Å². The predicted octanol–water partition coefficient (Wildman–Crippen LogP) is 3.98. The van der Waals surface area contributed by atoms with Gasteiger partial charge in [-0.25, -0.2) is 4.68 Å². The van der Waals surface area contributed by atoms with Crippen molar-refractivity contribution in [1.29, 1.82) is 0 Å². The number of rotatable bonds is 5. The fourth-order valence-corrected chi connectivity index (χ4v) is 4.05. The second-order valence-corrected chi connectivity index (χ2v) is 7.84. The first-order valence-corrected chi connectivity index (χ1v) is 10.8. The molecule has 0 bridgehead atoms. The Kier molecular flexibility index (Phi) is 6.12. The van der Waals surface area contributed by atoms with Gasteiger partial charge in [-0.15, -0.1) is 0 Å². The molecule has 1 amide bonds. The van der Waals surface area contributed by atoms with Crippen LogP contribution in [0.3, 0.4) is 0 Å². The molecule has 3 aromatic rings. The molecule has 1 aromatic heterocycles. The van der Waals surface area contributed by atoms with Crippen molar-refractivity contribution in [3.63, 3.8) is 0 Å². The Morgan fingerprint density at radius 2 is 1.73 bits per heavy atom. The maximum Gasteiger partial charge on any atom is 0.275 e. The van der Waals surface area contributed by atoms with Crippen LogP contribution in [-0.2, 0) is 17.8 Å². The SMILES string of the molecule is CCc1cccc(NC(=O)Cn2nc(N3CCCCCC3)c3ccccc3c2=O)c1. The largest absolute Gasteiger partial charge is 0.355 e. The Labute approximate surface area is 176 Å². The molecule has 30 heavy (non-hydrogen) atoms. The third-order valence-corrected chi connectivity index (χ3v) is 5.67. The van der Waals surface area contributed by atoms with Gasteiger partial charge >= 0.3 is 0 Å². The van der Waals surface area contributed by atoms with Crippen molar-refractivity contribution >= 4 is 28.2 Å². The van der Waals surface area contributed by atoms with E-state index in [9.17, 15) is 9.59 Å². The highest BCUT2D eigenvalue weighted by molar-refractivity contribution is 5.93. The molecule has 2 aromatic carbocycles. The summed E-state index contributed by atoms with van der Waals surface area (Å²) < 4.78 is 1.31. The van der Waals surface area contributed by atoms with Crippen molar-refractivity contribution in [1.82, 2.24) is 9.78 Å². The molecule has 0 aliphatic carbocycles. The molecule has 1 N–H and O–H groups in total. The molecule has 156 valence electrons. The van der Waals surface area contributed by atoms with Crippen molar-refractivity contribution in [3.05, 3.63) is 64.4 Å². The average molecular weight is 405 g/mol. The van der Waals surface area contributed by atoms with Gasteiger partial charge < -0.3 is 10.2 Å². The van der Waals surface area contributed by atoms with E-state index in [1.807, 2.05) is 48.5 Å². The summed E-state index contributed by atoms with van der Waals surface area (Å²) in [6.07, 6.45) is 5.56. The van der Waals surface area contributed by atoms with E-state index in [-0.39, 0.29) is 18.0 Å². The number of nitrogens with zero attached hydrogens (tertiary/aromatic N) is 3. The fraction of sp³-hybridized carbons (Fsp3) is 0.375. The van der Waals surface area contributed by atoms with Crippen LogP contribution in [0.1, 0.15) is 38.2 Å². The van der Waals surface area contributed by atoms with Gasteiger partial charge in [-0.2, -0.15) is 5.10 Å². The van der Waals surface area contributed by atoms with Crippen LogP contribution < -0.4 is 15.8 Å². The molecule has 1 aliphatic heterocycles. The topological polar surface area (TPSA) is 67.2 Å². The Morgan fingerprint density at radius 1 is 1.00 bits per heavy atom. The summed E-state index contributed by atoms with van der Waals surface area (Å²) in [6, 6.07) is 15.3. The smallest absolute Gasteiger partial charge is 0.275 e. The third-order valence-electron chi connectivity index (χ3n) is 5.67. The zero-order chi connectivity index (χ0) is 20.9. The highest BCUT2D eigenvalue weighted by Crippen LogP contribution is 2.24. The van der Waals surface area contributed by atoms with E-state index in [1.165, 1.54) is 17.5 Å². The Bertz CT molecular complexity index is 1100. The number of hydrogen-bond donors (Lipinski definition) is 1. The van der Waals surface area contributed by atoms with Crippen LogP contribution in [-0.4, -0.2) is 28.8 Å². The Morgan fingerprint density at radius 3 is 2.47 bits per heavy atom. The van der Waals surface area contributed by atoms with Crippen molar-refractivity contribution in [2.24, 2.45) is 0 Å². The van der Waals surface area contributed by atoms with Gasteiger partial charge in [-0.1, -0.05) is 50.1 Å². The molecule has 6 nitrogen and oxygen atoms in total. The molecule has 2 heterocycles. The van der Waals surface area contributed by atoms with Crippen LogP contribution in [0.15, 0.2) is 53.3 Å². The van der Waals surface area contributed by atoms with E-state index in [1.54, 1.807) is 0 Å². The predicted molar refractivity (Wildman–Crippen MR) is 121 cm³/mol. The van der Waals surface area contributed by atoms with Gasteiger partial charge in [0.15, 0.2) is 5.82 Å². The van der Waals surface area contributed by atoms with Gasteiger partial charge in [0.2, 0.25) is 5.91 Å². The first-order valence-electron chi connectivity index (χ1n) is 10.8. The van der Waals surface area contributed by atoms with Crippen molar-refractivity contribution in [2.45, 2.75) is 45.6 Å². The molecular weight excluding hydrogens is 376 g/mol. The van der Waals surface area contributed by atoms with E-state index in [0.717, 1.165) is 54.8 Å². The second-order valence-electron chi connectivity index (χ2n) is 7.84. The van der Waals surface area contributed by atoms with Crippen LogP contribution >= 0.6 is 0 Å². The molecule has 0 radical (unpaired) electrons. The number of carbonyl (C=O) groups excluding carboxylic acids is 1. The lowest BCUT2D eigenvalue weighted by Gasteiger charge is -2.23. The standard InChI is InChI=1S/C24H28N4O2/c1-2-18-10-9-11-19(16-18)25-22(29)17-28-24(30)21-13-6-5-12-20(21)23(26-28)27-14-7-3-4-8-15-27/h5-6,9-13,16H,2-4,7-8,14-15,17H2,1H3,(H,25,29). The van der Waals surface area contributed by atoms with Gasteiger partial charge in [-0.3, -0.25) is 9.59 Å². The van der Waals surface area contributed by atoms with Gasteiger partial charge in [0.1, 0.15) is 6.54 Å². The minimum Gasteiger partial charge on any atom is -0.355 e. The van der Waals surface area contributed by atoms with E-state index in [0.29, 0.717) is 5.39 Å². The molecule has 0 saturated carbocycles. The van der Waals surface area contributed by atoms with Crippen LogP contribution in [0.5, 0.6) is 0 Å². The number of amides is 1. The summed E-state index contributed by atoms with van der Waals surface area (Å²) in [5.41, 5.74) is 1.65. The lowest BCUT2D eigenvalue weighted by Crippen LogP contribution is -2.33. The van der Waals surface area contributed by atoms with Crippen molar-refractivity contribution < 1.29 is 4.79 Å². The van der Waals surface area contributed by atoms with Crippen LogP contribution in [0.25, 0.3) is 10.8 Å². The molecule has 1 saturated heterocycles. The maximum absolute atomic E-state index is 13.0. The first kappa shape index (κ1) is 20.1. The number of benzene rings is 2. The Balaban J connectivity index is 1.65. The monoisotopic (exact) mass is 404 g/mol. The van der Waals surface area contributed by atoms with Crippen molar-refractivity contribution in [2.75, 3.05) is 23.3 Å². The number of aryl methyl sites for hydroxylation is 1. The minimum atomic E-state index is -0.255. The van der Waals surface area contributed by atoms with Crippen LogP contribution in [0.4, 0.5) is 11.5 Å². The number of carbonyl (C=O) groups is 1. The summed E-state index contributed by atoms with van der Waals surface area (Å²) in [5, 5.41) is 9.01. The molecule has 6 heteroatoms. The van der Waals surface area contributed by atoms with Gasteiger partial charge in [-0.05, 0) is 43.0 Å². The summed E-state index contributed by atoms with van der Waals surface area (Å²) in [6.45, 7) is 3.81. The molecule has 0 unspecified atom stereocenters. The van der Waals surface area contributed by atoms with Crippen LogP contribution in [0.2, 0.25) is 0 Å². The lowest BCUT2D eigenvalue weighted by molar-refractivity contribution is -0.117. The van der Waals surface area contributed by atoms with Gasteiger partial charge in [0.25, 0.3) is 5.56 Å². The molecule has 0 spiro atoms. The molecule has 1 fully saturated rings. The van der Waals surface area contributed by atoms with E-state index in [4.69, 9.17) is 0 Å². The quantitative estimate of drug-likeness (QED) is 0.699. The first-order chi connectivity index (χ1) is 14.7. The highest BCUT2D eigenvalue weighted by Gasteiger charge is 2.18. The average Bonchev–Trinajstić information content (AvgIpc) is 3.05. The summed E-state index contributed by atoms with van der Waals surface area (Å²) in [4.78, 5) is 28.0. The minimum absolute atomic E-state index is 0.110. The van der Waals surface area contributed by atoms with E-state index in [2.05, 4.69) is 22.2 Å². The number of hydrogen-bond acceptors (Lipinski definition) is 4. The molecule has 1 aliphatic rings. The number of nitrogens with one attached hydrogen (secondary N) is 1. The maximum atomic E-state index is 13.0. The second kappa shape index (κ2) is 9.11. The number of aromatic nitrogens is 2. The van der Waals surface area contributed by atoms with E-state index < -0.39 is 0 Å². The Hall–Kier alpha value is -3.15. The summed E-state index contributed by atoms with van der Waals surface area (Å²) in [5.74, 6) is 0.544. The summed E-state index contributed by atoms with van der Waals surface area (Å²) >= 11 is 0. The molecule has 4 rings (SSSR count). The normalized spacial score (nSPS) is 14.5. The zero-order valence-corrected chi connectivity index (χ0v) is 17.4. The molecular formula is C24H28N4O2. The summed E-state index contributed by atoms with van der Waals surface area (Å²) in [7, 11) is 0.